The minimum atomic E-state index is 0.356. The Hall–Kier alpha value is -3.02. The number of anilines is 2. The maximum Gasteiger partial charge on any atom is 0.222 e. The van der Waals surface area contributed by atoms with Crippen molar-refractivity contribution in [3.63, 3.8) is 0 Å². The average Bonchev–Trinajstić information content (AvgIpc) is 3.22. The van der Waals surface area contributed by atoms with E-state index in [1.807, 2.05) is 49.4 Å². The maximum absolute atomic E-state index is 7.84. The fraction of sp³-hybridized carbons (Fsp3) is 0.348. The summed E-state index contributed by atoms with van der Waals surface area (Å²) in [6, 6.07) is 13.7. The van der Waals surface area contributed by atoms with Gasteiger partial charge in [-0.05, 0) is 62.5 Å². The van der Waals surface area contributed by atoms with Crippen LogP contribution in [0.3, 0.4) is 0 Å². The van der Waals surface area contributed by atoms with Gasteiger partial charge in [0.1, 0.15) is 16.6 Å². The third-order valence-electron chi connectivity index (χ3n) is 5.18. The zero-order chi connectivity index (χ0) is 21.5. The predicted octanol–water partition coefficient (Wildman–Crippen LogP) is 5.05. The number of hydrogen-bond acceptors (Lipinski definition) is 6. The predicted molar refractivity (Wildman–Crippen MR) is 125 cm³/mol. The van der Waals surface area contributed by atoms with Crippen molar-refractivity contribution in [3.05, 3.63) is 65.1 Å². The number of aromatic nitrogens is 3. The molecule has 1 aliphatic heterocycles. The van der Waals surface area contributed by atoms with E-state index < -0.39 is 0 Å². The van der Waals surface area contributed by atoms with Gasteiger partial charge in [0.05, 0.1) is 13.2 Å². The summed E-state index contributed by atoms with van der Waals surface area (Å²) in [5, 5.41) is 14.7. The average molecular weight is 435 g/mol. The summed E-state index contributed by atoms with van der Waals surface area (Å²) in [5.74, 6) is 3.36. The lowest BCUT2D eigenvalue weighted by molar-refractivity contribution is 0.344. The number of ether oxygens (including phenoxy) is 1. The van der Waals surface area contributed by atoms with E-state index in [1.54, 1.807) is 11.8 Å². The van der Waals surface area contributed by atoms with E-state index in [0.29, 0.717) is 24.0 Å². The van der Waals surface area contributed by atoms with E-state index in [4.69, 9.17) is 16.3 Å². The molecule has 31 heavy (non-hydrogen) atoms. The highest BCUT2D eigenvalue weighted by atomic mass is 32.2. The van der Waals surface area contributed by atoms with Gasteiger partial charge in [-0.25, -0.2) is 9.83 Å². The van der Waals surface area contributed by atoms with Crippen LogP contribution in [0.15, 0.2) is 47.5 Å². The maximum atomic E-state index is 7.84. The van der Waals surface area contributed by atoms with Gasteiger partial charge in [-0.15, -0.1) is 11.8 Å². The number of rotatable bonds is 8. The van der Waals surface area contributed by atoms with E-state index in [1.165, 1.54) is 0 Å². The summed E-state index contributed by atoms with van der Waals surface area (Å²) in [4.78, 5) is 8.65. The van der Waals surface area contributed by atoms with Crippen LogP contribution in [0.25, 0.3) is 4.85 Å². The van der Waals surface area contributed by atoms with Gasteiger partial charge in [-0.1, -0.05) is 18.2 Å². The van der Waals surface area contributed by atoms with Crippen LogP contribution in [0.1, 0.15) is 30.0 Å². The van der Waals surface area contributed by atoms with Crippen LogP contribution in [0, 0.1) is 13.5 Å². The van der Waals surface area contributed by atoms with Crippen LogP contribution in [0.2, 0.25) is 0 Å². The van der Waals surface area contributed by atoms with E-state index >= 15 is 0 Å². The molecule has 0 saturated carbocycles. The first-order valence-electron chi connectivity index (χ1n) is 10.5. The standard InChI is InChI=1S/C23H26N6OS/c1-16-14-21(29-28-16)26-20-15-19(17-8-10-25-11-9-17)22(24-2)23(27-20)31-13-12-30-18-6-4-3-5-7-18/h3-7,14-15,17,25H,8-13H2,1H3,(H2,26,27,28,29). The SMILES string of the molecule is [C-]#[N+]c1c(C2CCNCC2)cc(Nc2cc(C)[nH]n2)nc1SCCOc1ccccc1. The van der Waals surface area contributed by atoms with Crippen molar-refractivity contribution in [2.45, 2.75) is 30.7 Å². The van der Waals surface area contributed by atoms with Gasteiger partial charge in [-0.3, -0.25) is 5.10 Å². The van der Waals surface area contributed by atoms with Crippen molar-refractivity contribution in [1.29, 1.82) is 0 Å². The molecule has 8 heteroatoms. The quantitative estimate of drug-likeness (QED) is 0.262. The van der Waals surface area contributed by atoms with Gasteiger partial charge < -0.3 is 15.4 Å². The molecule has 0 aliphatic carbocycles. The van der Waals surface area contributed by atoms with Gasteiger partial charge in [-0.2, -0.15) is 5.10 Å². The summed E-state index contributed by atoms with van der Waals surface area (Å²) < 4.78 is 5.81. The summed E-state index contributed by atoms with van der Waals surface area (Å²) >= 11 is 1.57. The molecule has 2 aromatic heterocycles. The molecule has 0 radical (unpaired) electrons. The molecule has 0 amide bonds. The smallest absolute Gasteiger partial charge is 0.222 e. The fourth-order valence-electron chi connectivity index (χ4n) is 3.68. The van der Waals surface area contributed by atoms with Crippen LogP contribution in [0.4, 0.5) is 17.3 Å². The molecule has 0 atom stereocenters. The zero-order valence-electron chi connectivity index (χ0n) is 17.5. The van der Waals surface area contributed by atoms with Gasteiger partial charge in [0, 0.05) is 17.5 Å². The van der Waals surface area contributed by atoms with Gasteiger partial charge in [0.15, 0.2) is 5.82 Å². The lowest BCUT2D eigenvalue weighted by Crippen LogP contribution is -2.26. The number of benzene rings is 1. The molecule has 0 bridgehead atoms. The zero-order valence-corrected chi connectivity index (χ0v) is 18.3. The van der Waals surface area contributed by atoms with Gasteiger partial charge in [0.2, 0.25) is 5.69 Å². The Balaban J connectivity index is 1.55. The first-order valence-corrected chi connectivity index (χ1v) is 11.4. The van der Waals surface area contributed by atoms with Gasteiger partial charge >= 0.3 is 0 Å². The molecular weight excluding hydrogens is 408 g/mol. The van der Waals surface area contributed by atoms with Crippen molar-refractivity contribution in [1.82, 2.24) is 20.5 Å². The van der Waals surface area contributed by atoms with Crippen molar-refractivity contribution >= 4 is 29.1 Å². The molecule has 0 spiro atoms. The van der Waals surface area contributed by atoms with Crippen molar-refractivity contribution in [2.75, 3.05) is 30.8 Å². The van der Waals surface area contributed by atoms with Crippen molar-refractivity contribution in [3.8, 4) is 5.75 Å². The Morgan fingerprint density at radius 2 is 2.00 bits per heavy atom. The highest BCUT2D eigenvalue weighted by Gasteiger charge is 2.23. The third kappa shape index (κ3) is 5.57. The molecule has 0 unspecified atom stereocenters. The number of thioether (sulfide) groups is 1. The number of H-pyrrole nitrogens is 1. The molecule has 160 valence electrons. The highest BCUT2D eigenvalue weighted by Crippen LogP contribution is 2.40. The molecule has 3 N–H and O–H groups in total. The van der Waals surface area contributed by atoms with Crippen LogP contribution in [-0.2, 0) is 0 Å². The largest absolute Gasteiger partial charge is 0.493 e. The molecular formula is C23H26N6OS. The topological polar surface area (TPSA) is 79.2 Å². The van der Waals surface area contributed by atoms with Crippen molar-refractivity contribution in [2.24, 2.45) is 0 Å². The number of piperidine rings is 1. The summed E-state index contributed by atoms with van der Waals surface area (Å²) in [7, 11) is 0. The number of pyridine rings is 1. The lowest BCUT2D eigenvalue weighted by atomic mass is 9.89. The minimum Gasteiger partial charge on any atom is -0.493 e. The first-order chi connectivity index (χ1) is 15.2. The second-order valence-electron chi connectivity index (χ2n) is 7.46. The second-order valence-corrected chi connectivity index (χ2v) is 8.54. The Labute approximate surface area is 186 Å². The Morgan fingerprint density at radius 1 is 1.19 bits per heavy atom. The summed E-state index contributed by atoms with van der Waals surface area (Å²) in [5.41, 5.74) is 2.72. The summed E-state index contributed by atoms with van der Waals surface area (Å²) in [6.45, 7) is 12.3. The molecule has 1 fully saturated rings. The van der Waals surface area contributed by atoms with E-state index in [0.717, 1.165) is 59.6 Å². The number of aryl methyl sites for hydroxylation is 1. The van der Waals surface area contributed by atoms with Crippen LogP contribution in [0.5, 0.6) is 5.75 Å². The van der Waals surface area contributed by atoms with E-state index in [2.05, 4.69) is 25.7 Å². The number of nitrogens with zero attached hydrogens (tertiary/aromatic N) is 3. The number of aromatic amines is 1. The minimum absolute atomic E-state index is 0.356. The normalized spacial score (nSPS) is 14.2. The summed E-state index contributed by atoms with van der Waals surface area (Å²) in [6.07, 6.45) is 2.05. The van der Waals surface area contributed by atoms with E-state index in [-0.39, 0.29) is 0 Å². The number of hydrogen-bond donors (Lipinski definition) is 3. The van der Waals surface area contributed by atoms with Crippen LogP contribution >= 0.6 is 11.8 Å². The Bertz CT molecular complexity index is 1040. The Kier molecular flexibility index (Phi) is 7.07. The number of para-hydroxylation sites is 1. The molecule has 1 aromatic carbocycles. The van der Waals surface area contributed by atoms with Gasteiger partial charge in [0.25, 0.3) is 0 Å². The Morgan fingerprint density at radius 3 is 2.71 bits per heavy atom. The van der Waals surface area contributed by atoms with Crippen LogP contribution in [-0.4, -0.2) is 40.6 Å². The van der Waals surface area contributed by atoms with Crippen LogP contribution < -0.4 is 15.4 Å². The molecule has 4 rings (SSSR count). The molecule has 3 heterocycles. The van der Waals surface area contributed by atoms with E-state index in [9.17, 15) is 0 Å². The lowest BCUT2D eigenvalue weighted by Gasteiger charge is -2.25. The fourth-order valence-corrected chi connectivity index (χ4v) is 4.51. The molecule has 1 aliphatic rings. The third-order valence-corrected chi connectivity index (χ3v) is 6.11. The molecule has 7 nitrogen and oxygen atoms in total. The monoisotopic (exact) mass is 434 g/mol. The molecule has 1 saturated heterocycles. The molecule has 3 aromatic rings. The first kappa shape index (κ1) is 21.2. The number of nitrogens with one attached hydrogen (secondary N) is 3. The highest BCUT2D eigenvalue weighted by molar-refractivity contribution is 7.99. The second kappa shape index (κ2) is 10.3. The van der Waals surface area contributed by atoms with Crippen molar-refractivity contribution < 1.29 is 4.74 Å².